The lowest BCUT2D eigenvalue weighted by Gasteiger charge is -2.25. The van der Waals surface area contributed by atoms with Crippen molar-refractivity contribution in [2.24, 2.45) is 10.8 Å². The Morgan fingerprint density at radius 2 is 1.34 bits per heavy atom. The number of benzene rings is 1. The molecule has 0 spiro atoms. The predicted octanol–water partition coefficient (Wildman–Crippen LogP) is 2.30. The van der Waals surface area contributed by atoms with E-state index in [9.17, 15) is 23.1 Å². The molecular weight excluding hydrogens is 400 g/mol. The van der Waals surface area contributed by atoms with Gasteiger partial charge in [-0.2, -0.15) is 8.42 Å². The normalized spacial score (nSPS) is 14.7. The van der Waals surface area contributed by atoms with E-state index < -0.39 is 58.3 Å². The maximum absolute atomic E-state index is 12.5. The molecular formula is C20H30O8S. The first-order valence-electron chi connectivity index (χ1n) is 9.15. The Kier molecular flexibility index (Phi) is 8.37. The van der Waals surface area contributed by atoms with Gasteiger partial charge < -0.3 is 14.6 Å². The number of aliphatic hydroxyl groups is 1. The average Bonchev–Trinajstić information content (AvgIpc) is 2.61. The van der Waals surface area contributed by atoms with Gasteiger partial charge in [0, 0.05) is 0 Å². The van der Waals surface area contributed by atoms with Crippen LogP contribution in [0.3, 0.4) is 0 Å². The summed E-state index contributed by atoms with van der Waals surface area (Å²) in [5.74, 6) is -1.17. The van der Waals surface area contributed by atoms with Crippen molar-refractivity contribution in [1.29, 1.82) is 0 Å². The van der Waals surface area contributed by atoms with Crippen LogP contribution in [0, 0.1) is 10.8 Å². The highest BCUT2D eigenvalue weighted by molar-refractivity contribution is 7.86. The molecule has 1 aromatic rings. The van der Waals surface area contributed by atoms with Gasteiger partial charge in [0.2, 0.25) is 0 Å². The first kappa shape index (κ1) is 25.1. The zero-order valence-electron chi connectivity index (χ0n) is 17.7. The second kappa shape index (κ2) is 9.69. The van der Waals surface area contributed by atoms with Crippen LogP contribution in [0.5, 0.6) is 0 Å². The van der Waals surface area contributed by atoms with E-state index in [1.165, 1.54) is 24.3 Å². The summed E-state index contributed by atoms with van der Waals surface area (Å²) in [6, 6.07) is 7.35. The zero-order chi connectivity index (χ0) is 22.5. The predicted molar refractivity (Wildman–Crippen MR) is 105 cm³/mol. The molecule has 0 radical (unpaired) electrons. The lowest BCUT2D eigenvalue weighted by Crippen LogP contribution is -2.41. The molecule has 0 aromatic heterocycles. The highest BCUT2D eigenvalue weighted by atomic mass is 32.2. The Balaban J connectivity index is 2.96. The monoisotopic (exact) mass is 430 g/mol. The average molecular weight is 431 g/mol. The third-order valence-electron chi connectivity index (χ3n) is 3.70. The van der Waals surface area contributed by atoms with E-state index in [4.69, 9.17) is 13.7 Å². The largest absolute Gasteiger partial charge is 0.462 e. The molecule has 1 aromatic carbocycles. The minimum absolute atomic E-state index is 0.119. The molecule has 0 heterocycles. The third-order valence-corrected chi connectivity index (χ3v) is 5.05. The van der Waals surface area contributed by atoms with Gasteiger partial charge in [-0.3, -0.25) is 13.8 Å². The van der Waals surface area contributed by atoms with Crippen LogP contribution in [-0.2, 0) is 33.4 Å². The number of ether oxygens (including phenoxy) is 2. The molecule has 0 unspecified atom stereocenters. The molecule has 9 heteroatoms. The molecule has 29 heavy (non-hydrogen) atoms. The standard InChI is InChI=1S/C20H30O8S/c1-19(2,3)17(22)26-12-15(21)16(13-27-18(23)20(4,5)6)28-29(24,25)14-10-8-7-9-11-14/h7-11,15-16,21H,12-13H2,1-6H3/t15-,16+/m1/s1. The van der Waals surface area contributed by atoms with Crippen molar-refractivity contribution in [3.8, 4) is 0 Å². The van der Waals surface area contributed by atoms with Crippen LogP contribution >= 0.6 is 0 Å². The molecule has 8 nitrogen and oxygen atoms in total. The van der Waals surface area contributed by atoms with Crippen molar-refractivity contribution in [3.63, 3.8) is 0 Å². The molecule has 1 N–H and O–H groups in total. The number of hydrogen-bond acceptors (Lipinski definition) is 8. The summed E-state index contributed by atoms with van der Waals surface area (Å²) >= 11 is 0. The highest BCUT2D eigenvalue weighted by Gasteiger charge is 2.33. The summed E-state index contributed by atoms with van der Waals surface area (Å²) in [6.07, 6.45) is -2.99. The van der Waals surface area contributed by atoms with Gasteiger partial charge in [0.15, 0.2) is 0 Å². The Labute approximate surface area is 172 Å². The van der Waals surface area contributed by atoms with Crippen molar-refractivity contribution in [2.75, 3.05) is 13.2 Å². The summed E-state index contributed by atoms with van der Waals surface area (Å²) in [6.45, 7) is 8.77. The Hall–Kier alpha value is -1.97. The van der Waals surface area contributed by atoms with Crippen LogP contribution in [0.1, 0.15) is 41.5 Å². The van der Waals surface area contributed by atoms with Crippen molar-refractivity contribution in [2.45, 2.75) is 58.6 Å². The van der Waals surface area contributed by atoms with Crippen molar-refractivity contribution < 1.29 is 36.8 Å². The summed E-state index contributed by atoms with van der Waals surface area (Å²) in [5.41, 5.74) is -1.63. The summed E-state index contributed by atoms with van der Waals surface area (Å²) in [4.78, 5) is 23.8. The maximum atomic E-state index is 12.5. The lowest BCUT2D eigenvalue weighted by atomic mass is 9.97. The fourth-order valence-electron chi connectivity index (χ4n) is 1.87. The van der Waals surface area contributed by atoms with Crippen molar-refractivity contribution in [1.82, 2.24) is 0 Å². The van der Waals surface area contributed by atoms with Gasteiger partial charge in [-0.25, -0.2) is 0 Å². The number of carbonyl (C=O) groups is 2. The minimum Gasteiger partial charge on any atom is -0.462 e. The molecule has 1 rings (SSSR count). The molecule has 0 amide bonds. The van der Waals surface area contributed by atoms with Crippen LogP contribution in [0.15, 0.2) is 35.2 Å². The molecule has 0 saturated carbocycles. The van der Waals surface area contributed by atoms with E-state index >= 15 is 0 Å². The number of rotatable bonds is 8. The van der Waals surface area contributed by atoms with Gasteiger partial charge in [0.1, 0.15) is 25.4 Å². The maximum Gasteiger partial charge on any atom is 0.311 e. The number of hydrogen-bond donors (Lipinski definition) is 1. The molecule has 0 fully saturated rings. The van der Waals surface area contributed by atoms with E-state index in [0.29, 0.717) is 0 Å². The smallest absolute Gasteiger partial charge is 0.311 e. The summed E-state index contributed by atoms with van der Waals surface area (Å²) < 4.78 is 40.3. The van der Waals surface area contributed by atoms with Gasteiger partial charge in [-0.1, -0.05) is 18.2 Å². The molecule has 2 atom stereocenters. The molecule has 0 saturated heterocycles. The molecule has 0 aliphatic carbocycles. The topological polar surface area (TPSA) is 116 Å². The van der Waals surface area contributed by atoms with Gasteiger partial charge in [0.25, 0.3) is 10.1 Å². The van der Waals surface area contributed by atoms with E-state index in [-0.39, 0.29) is 4.90 Å². The van der Waals surface area contributed by atoms with E-state index in [2.05, 4.69) is 0 Å². The zero-order valence-corrected chi connectivity index (χ0v) is 18.5. The van der Waals surface area contributed by atoms with Crippen molar-refractivity contribution >= 4 is 22.1 Å². The van der Waals surface area contributed by atoms with Crippen LogP contribution in [0.2, 0.25) is 0 Å². The quantitative estimate of drug-likeness (QED) is 0.493. The SMILES string of the molecule is CC(C)(C)C(=O)OC[C@@H](O)[C@H](COC(=O)C(C)(C)C)OS(=O)(=O)c1ccccc1. The van der Waals surface area contributed by atoms with E-state index in [1.54, 1.807) is 47.6 Å². The second-order valence-corrected chi connectivity index (χ2v) is 10.2. The van der Waals surface area contributed by atoms with Crippen LogP contribution in [-0.4, -0.2) is 50.9 Å². The van der Waals surface area contributed by atoms with Crippen LogP contribution < -0.4 is 0 Å². The molecule has 0 aliphatic rings. The third kappa shape index (κ3) is 8.12. The van der Waals surface area contributed by atoms with E-state index in [0.717, 1.165) is 0 Å². The van der Waals surface area contributed by atoms with E-state index in [1.807, 2.05) is 0 Å². The van der Waals surface area contributed by atoms with Gasteiger partial charge in [-0.05, 0) is 53.7 Å². The van der Waals surface area contributed by atoms with Gasteiger partial charge >= 0.3 is 11.9 Å². The summed E-state index contributed by atoms with van der Waals surface area (Å²) in [7, 11) is -4.25. The fourth-order valence-corrected chi connectivity index (χ4v) is 2.98. The van der Waals surface area contributed by atoms with Crippen LogP contribution in [0.4, 0.5) is 0 Å². The number of esters is 2. The van der Waals surface area contributed by atoms with Gasteiger partial charge in [-0.15, -0.1) is 0 Å². The molecule has 0 bridgehead atoms. The Morgan fingerprint density at radius 1 is 0.897 bits per heavy atom. The van der Waals surface area contributed by atoms with Crippen LogP contribution in [0.25, 0.3) is 0 Å². The highest BCUT2D eigenvalue weighted by Crippen LogP contribution is 2.20. The number of carbonyl (C=O) groups excluding carboxylic acids is 2. The Morgan fingerprint density at radius 3 is 1.79 bits per heavy atom. The molecule has 0 aliphatic heterocycles. The Bertz CT molecular complexity index is 788. The summed E-state index contributed by atoms with van der Waals surface area (Å²) in [5, 5.41) is 10.4. The second-order valence-electron chi connectivity index (χ2n) is 8.67. The first-order valence-corrected chi connectivity index (χ1v) is 10.6. The fraction of sp³-hybridized carbons (Fsp3) is 0.600. The first-order chi connectivity index (χ1) is 13.1. The minimum atomic E-state index is -4.25. The molecule has 164 valence electrons. The number of aliphatic hydroxyl groups excluding tert-OH is 1. The van der Waals surface area contributed by atoms with Crippen molar-refractivity contribution in [3.05, 3.63) is 30.3 Å². The lowest BCUT2D eigenvalue weighted by molar-refractivity contribution is -0.163. The van der Waals surface area contributed by atoms with Gasteiger partial charge in [0.05, 0.1) is 15.7 Å².